The van der Waals surface area contributed by atoms with E-state index >= 15 is 0 Å². The lowest BCUT2D eigenvalue weighted by molar-refractivity contribution is 0.101. The average Bonchev–Trinajstić information content (AvgIpc) is 3.36. The second kappa shape index (κ2) is 8.27. The quantitative estimate of drug-likeness (QED) is 0.493. The highest BCUT2D eigenvalue weighted by atomic mass is 32.2. The molecule has 3 heterocycles. The second-order valence-corrected chi connectivity index (χ2v) is 6.86. The van der Waals surface area contributed by atoms with Crippen molar-refractivity contribution in [2.45, 2.75) is 11.7 Å². The molecule has 0 unspecified atom stereocenters. The van der Waals surface area contributed by atoms with Gasteiger partial charge in [0, 0.05) is 18.0 Å². The maximum Gasteiger partial charge on any atom is 0.275 e. The molecule has 4 aromatic rings. The zero-order valence-corrected chi connectivity index (χ0v) is 16.3. The van der Waals surface area contributed by atoms with E-state index in [0.29, 0.717) is 28.9 Å². The molecule has 0 fully saturated rings. The van der Waals surface area contributed by atoms with Crippen LogP contribution in [0.15, 0.2) is 72.3 Å². The summed E-state index contributed by atoms with van der Waals surface area (Å²) in [5.74, 6) is -0.146. The molecule has 1 amide bonds. The van der Waals surface area contributed by atoms with Crippen LogP contribution < -0.4 is 5.32 Å². The molecular formula is C20H17FN6OS. The van der Waals surface area contributed by atoms with Crippen molar-refractivity contribution in [1.82, 2.24) is 24.3 Å². The normalized spacial score (nSPS) is 10.8. The molecule has 0 saturated carbocycles. The van der Waals surface area contributed by atoms with Gasteiger partial charge >= 0.3 is 0 Å². The molecule has 1 aromatic carbocycles. The molecule has 0 aliphatic rings. The van der Waals surface area contributed by atoms with E-state index in [9.17, 15) is 9.18 Å². The van der Waals surface area contributed by atoms with Crippen LogP contribution in [0.2, 0.25) is 0 Å². The molecule has 146 valence electrons. The van der Waals surface area contributed by atoms with Crippen LogP contribution in [-0.4, -0.2) is 36.5 Å². The number of rotatable bonds is 6. The number of nitrogens with zero attached hydrogens (tertiary/aromatic N) is 5. The molecule has 29 heavy (non-hydrogen) atoms. The van der Waals surface area contributed by atoms with Gasteiger partial charge in [-0.25, -0.2) is 14.1 Å². The summed E-state index contributed by atoms with van der Waals surface area (Å²) in [6, 6.07) is 13.3. The summed E-state index contributed by atoms with van der Waals surface area (Å²) in [7, 11) is 0. The first-order valence-electron chi connectivity index (χ1n) is 8.76. The summed E-state index contributed by atoms with van der Waals surface area (Å²) >= 11 is 1.40. The third kappa shape index (κ3) is 4.04. The number of thioether (sulfide) groups is 1. The number of hydrogen-bond acceptors (Lipinski definition) is 5. The number of imidazole rings is 1. The molecule has 0 bridgehead atoms. The van der Waals surface area contributed by atoms with Crippen molar-refractivity contribution < 1.29 is 9.18 Å². The van der Waals surface area contributed by atoms with Gasteiger partial charge in [0.1, 0.15) is 17.3 Å². The fraction of sp³-hybridized carbons (Fsp3) is 0.100. The number of pyridine rings is 1. The summed E-state index contributed by atoms with van der Waals surface area (Å²) < 4.78 is 16.7. The van der Waals surface area contributed by atoms with Crippen molar-refractivity contribution in [2.75, 3.05) is 11.6 Å². The zero-order valence-electron chi connectivity index (χ0n) is 15.5. The molecule has 0 saturated heterocycles. The van der Waals surface area contributed by atoms with Crippen molar-refractivity contribution in [3.8, 4) is 5.69 Å². The Balaban J connectivity index is 1.61. The van der Waals surface area contributed by atoms with Crippen LogP contribution in [0.3, 0.4) is 0 Å². The van der Waals surface area contributed by atoms with Gasteiger partial charge in [0.25, 0.3) is 5.91 Å². The van der Waals surface area contributed by atoms with Crippen LogP contribution in [0.5, 0.6) is 0 Å². The minimum Gasteiger partial charge on any atom is -0.305 e. The molecule has 0 spiro atoms. The molecule has 0 radical (unpaired) electrons. The number of carbonyl (C=O) groups excluding carboxylic acids is 1. The molecule has 0 atom stereocenters. The molecule has 3 aromatic heterocycles. The van der Waals surface area contributed by atoms with Crippen LogP contribution in [0.4, 0.5) is 10.2 Å². The van der Waals surface area contributed by atoms with Crippen LogP contribution in [0.25, 0.3) is 5.69 Å². The standard InChI is InChI=1S/C20H17FN6OS/c1-29-20-23-12-17(27(20)16-7-5-14(21)6-8-16)19(28)25-18-9-11-24-26(18)13-15-4-2-3-10-22-15/h2-12H,13H2,1H3,(H,25,28). The van der Waals surface area contributed by atoms with Gasteiger partial charge in [-0.3, -0.25) is 14.3 Å². The van der Waals surface area contributed by atoms with E-state index in [2.05, 4.69) is 20.4 Å². The summed E-state index contributed by atoms with van der Waals surface area (Å²) in [5.41, 5.74) is 1.82. The Morgan fingerprint density at radius 1 is 1.10 bits per heavy atom. The highest BCUT2D eigenvalue weighted by Gasteiger charge is 2.19. The summed E-state index contributed by atoms with van der Waals surface area (Å²) in [6.45, 7) is 0.427. The zero-order chi connectivity index (χ0) is 20.2. The molecule has 4 rings (SSSR count). The predicted octanol–water partition coefficient (Wildman–Crippen LogP) is 3.63. The largest absolute Gasteiger partial charge is 0.305 e. The van der Waals surface area contributed by atoms with E-state index in [1.54, 1.807) is 39.8 Å². The first-order chi connectivity index (χ1) is 14.2. The molecule has 1 N–H and O–H groups in total. The van der Waals surface area contributed by atoms with Gasteiger partial charge in [0.2, 0.25) is 0 Å². The average molecular weight is 408 g/mol. The molecule has 7 nitrogen and oxygen atoms in total. The topological polar surface area (TPSA) is 77.6 Å². The maximum absolute atomic E-state index is 13.3. The Labute approximate surface area is 170 Å². The van der Waals surface area contributed by atoms with Crippen molar-refractivity contribution in [3.05, 3.63) is 84.3 Å². The second-order valence-electron chi connectivity index (χ2n) is 6.09. The van der Waals surface area contributed by atoms with Crippen molar-refractivity contribution in [1.29, 1.82) is 0 Å². The number of benzene rings is 1. The fourth-order valence-corrected chi connectivity index (χ4v) is 3.41. The van der Waals surface area contributed by atoms with Crippen molar-refractivity contribution in [3.63, 3.8) is 0 Å². The van der Waals surface area contributed by atoms with E-state index in [4.69, 9.17) is 0 Å². The fourth-order valence-electron chi connectivity index (χ4n) is 2.87. The minimum atomic E-state index is -0.344. The lowest BCUT2D eigenvalue weighted by Crippen LogP contribution is -2.19. The van der Waals surface area contributed by atoms with Gasteiger partial charge in [-0.15, -0.1) is 0 Å². The number of hydrogen-bond donors (Lipinski definition) is 1. The third-order valence-corrected chi connectivity index (χ3v) is 4.88. The van der Waals surface area contributed by atoms with Crippen molar-refractivity contribution in [2.24, 2.45) is 0 Å². The summed E-state index contributed by atoms with van der Waals surface area (Å²) in [6.07, 6.45) is 6.70. The molecule has 0 aliphatic heterocycles. The van der Waals surface area contributed by atoms with E-state index in [1.807, 2.05) is 24.5 Å². The Bertz CT molecular complexity index is 1120. The summed E-state index contributed by atoms with van der Waals surface area (Å²) in [4.78, 5) is 21.6. The number of amides is 1. The molecular weight excluding hydrogens is 391 g/mol. The van der Waals surface area contributed by atoms with Gasteiger partial charge < -0.3 is 5.32 Å². The predicted molar refractivity (Wildman–Crippen MR) is 109 cm³/mol. The number of anilines is 1. The van der Waals surface area contributed by atoms with Crippen LogP contribution >= 0.6 is 11.8 Å². The number of aromatic nitrogens is 5. The van der Waals surface area contributed by atoms with Crippen LogP contribution in [0.1, 0.15) is 16.2 Å². The van der Waals surface area contributed by atoms with Gasteiger partial charge in [-0.2, -0.15) is 5.10 Å². The van der Waals surface area contributed by atoms with Crippen LogP contribution in [0, 0.1) is 5.82 Å². The lowest BCUT2D eigenvalue weighted by Gasteiger charge is -2.12. The van der Waals surface area contributed by atoms with E-state index in [1.165, 1.54) is 30.1 Å². The summed E-state index contributed by atoms with van der Waals surface area (Å²) in [5, 5.41) is 7.77. The highest BCUT2D eigenvalue weighted by molar-refractivity contribution is 7.98. The number of carbonyl (C=O) groups is 1. The number of nitrogens with one attached hydrogen (secondary N) is 1. The van der Waals surface area contributed by atoms with Gasteiger partial charge in [-0.1, -0.05) is 17.8 Å². The minimum absolute atomic E-state index is 0.339. The SMILES string of the molecule is CSc1ncc(C(=O)Nc2ccnn2Cc2ccccn2)n1-c1ccc(F)cc1. The first-order valence-corrected chi connectivity index (χ1v) is 9.99. The van der Waals surface area contributed by atoms with Gasteiger partial charge in [0.15, 0.2) is 5.16 Å². The highest BCUT2D eigenvalue weighted by Crippen LogP contribution is 2.23. The Hall–Kier alpha value is -3.46. The Morgan fingerprint density at radius 2 is 1.93 bits per heavy atom. The third-order valence-electron chi connectivity index (χ3n) is 4.23. The monoisotopic (exact) mass is 408 g/mol. The van der Waals surface area contributed by atoms with E-state index in [-0.39, 0.29) is 11.7 Å². The lowest BCUT2D eigenvalue weighted by atomic mass is 10.3. The van der Waals surface area contributed by atoms with Crippen LogP contribution in [-0.2, 0) is 6.54 Å². The number of halogens is 1. The first kappa shape index (κ1) is 18.9. The molecule has 9 heteroatoms. The smallest absolute Gasteiger partial charge is 0.275 e. The molecule has 0 aliphatic carbocycles. The van der Waals surface area contributed by atoms with Crippen molar-refractivity contribution >= 4 is 23.5 Å². The van der Waals surface area contributed by atoms with Gasteiger partial charge in [-0.05, 0) is 42.7 Å². The Kier molecular flexibility index (Phi) is 5.39. The van der Waals surface area contributed by atoms with E-state index in [0.717, 1.165) is 5.69 Å². The maximum atomic E-state index is 13.3. The van der Waals surface area contributed by atoms with E-state index < -0.39 is 0 Å². The Morgan fingerprint density at radius 3 is 2.66 bits per heavy atom. The van der Waals surface area contributed by atoms with Gasteiger partial charge in [0.05, 0.1) is 24.6 Å².